The fourth-order valence-electron chi connectivity index (χ4n) is 2.47. The molecule has 0 heterocycles. The van der Waals surface area contributed by atoms with Crippen LogP contribution in [-0.2, 0) is 4.79 Å². The molecule has 2 atom stereocenters. The van der Waals surface area contributed by atoms with E-state index in [4.69, 9.17) is 22.4 Å². The van der Waals surface area contributed by atoms with Gasteiger partial charge in [-0.05, 0) is 31.0 Å². The van der Waals surface area contributed by atoms with Crippen molar-refractivity contribution in [2.75, 3.05) is 5.32 Å². The molecule has 1 amide bonds. The van der Waals surface area contributed by atoms with Crippen LogP contribution in [0.5, 0.6) is 0 Å². The Balaban J connectivity index is 2.23. The number of rotatable bonds is 4. The van der Waals surface area contributed by atoms with Gasteiger partial charge in [-0.25, -0.2) is 0 Å². The van der Waals surface area contributed by atoms with Crippen LogP contribution in [0.2, 0.25) is 5.02 Å². The Morgan fingerprint density at radius 2 is 2.11 bits per heavy atom. The third-order valence-corrected chi connectivity index (χ3v) is 3.66. The van der Waals surface area contributed by atoms with Gasteiger partial charge in [0.15, 0.2) is 0 Å². The minimum absolute atomic E-state index is 0.184. The maximum absolute atomic E-state index is 11.4. The van der Waals surface area contributed by atoms with E-state index in [1.54, 1.807) is 12.1 Å². The van der Waals surface area contributed by atoms with Crippen LogP contribution in [0.3, 0.4) is 0 Å². The summed E-state index contributed by atoms with van der Waals surface area (Å²) in [6, 6.07) is 4.59. The largest absolute Gasteiger partial charge is 0.481 e. The summed E-state index contributed by atoms with van der Waals surface area (Å²) in [6.45, 7) is 0. The van der Waals surface area contributed by atoms with Crippen molar-refractivity contribution in [1.82, 2.24) is 0 Å². The summed E-state index contributed by atoms with van der Waals surface area (Å²) in [5.41, 5.74) is 6.12. The number of aliphatic carboxylic acids is 1. The molecule has 102 valence electrons. The molecule has 1 fully saturated rings. The highest BCUT2D eigenvalue weighted by molar-refractivity contribution is 6.31. The Labute approximate surface area is 115 Å². The van der Waals surface area contributed by atoms with Crippen molar-refractivity contribution in [3.8, 4) is 0 Å². The molecule has 0 saturated heterocycles. The van der Waals surface area contributed by atoms with Crippen molar-refractivity contribution in [3.63, 3.8) is 0 Å². The van der Waals surface area contributed by atoms with Gasteiger partial charge in [-0.3, -0.25) is 9.59 Å². The Morgan fingerprint density at radius 3 is 2.74 bits per heavy atom. The number of carboxylic acids is 1. The van der Waals surface area contributed by atoms with Crippen LogP contribution in [-0.4, -0.2) is 23.0 Å². The molecule has 0 aromatic heterocycles. The first kappa shape index (κ1) is 13.7. The first-order valence-electron chi connectivity index (χ1n) is 6.07. The summed E-state index contributed by atoms with van der Waals surface area (Å²) < 4.78 is 0. The molecule has 19 heavy (non-hydrogen) atoms. The van der Waals surface area contributed by atoms with Crippen LogP contribution < -0.4 is 11.1 Å². The van der Waals surface area contributed by atoms with E-state index in [0.717, 1.165) is 12.8 Å². The maximum atomic E-state index is 11.4. The van der Waals surface area contributed by atoms with Crippen molar-refractivity contribution in [2.24, 2.45) is 11.7 Å². The average molecular weight is 283 g/mol. The number of benzene rings is 1. The Morgan fingerprint density at radius 1 is 1.37 bits per heavy atom. The molecule has 0 aliphatic heterocycles. The molecule has 1 aromatic carbocycles. The van der Waals surface area contributed by atoms with E-state index in [-0.39, 0.29) is 11.6 Å². The van der Waals surface area contributed by atoms with Crippen LogP contribution >= 0.6 is 11.6 Å². The maximum Gasteiger partial charge on any atom is 0.308 e. The van der Waals surface area contributed by atoms with E-state index in [1.165, 1.54) is 6.07 Å². The molecule has 1 aliphatic rings. The molecule has 4 N–H and O–H groups in total. The van der Waals surface area contributed by atoms with Gasteiger partial charge in [-0.2, -0.15) is 0 Å². The second kappa shape index (κ2) is 5.48. The molecule has 2 rings (SSSR count). The number of amides is 1. The average Bonchev–Trinajstić information content (AvgIpc) is 2.79. The van der Waals surface area contributed by atoms with E-state index < -0.39 is 17.8 Å². The van der Waals surface area contributed by atoms with Gasteiger partial charge < -0.3 is 16.2 Å². The zero-order chi connectivity index (χ0) is 14.0. The number of nitrogens with one attached hydrogen (secondary N) is 1. The highest BCUT2D eigenvalue weighted by atomic mass is 35.5. The van der Waals surface area contributed by atoms with Gasteiger partial charge in [0.05, 0.1) is 11.5 Å². The van der Waals surface area contributed by atoms with Crippen LogP contribution in [0, 0.1) is 5.92 Å². The first-order chi connectivity index (χ1) is 8.99. The highest BCUT2D eigenvalue weighted by Crippen LogP contribution is 2.30. The highest BCUT2D eigenvalue weighted by Gasteiger charge is 2.33. The van der Waals surface area contributed by atoms with Crippen molar-refractivity contribution in [1.29, 1.82) is 0 Å². The number of carbonyl (C=O) groups is 2. The van der Waals surface area contributed by atoms with Gasteiger partial charge in [0.25, 0.3) is 5.91 Å². The molecule has 1 aliphatic carbocycles. The van der Waals surface area contributed by atoms with E-state index in [9.17, 15) is 9.59 Å². The standard InChI is InChI=1S/C13H15ClN2O3/c14-7-4-5-11(9(6-7)12(15)17)16-10-3-1-2-8(10)13(18)19/h4-6,8,10,16H,1-3H2,(H2,15,17)(H,18,19). The van der Waals surface area contributed by atoms with Crippen molar-refractivity contribution in [3.05, 3.63) is 28.8 Å². The Hall–Kier alpha value is -1.75. The summed E-state index contributed by atoms with van der Waals surface area (Å²) in [5, 5.41) is 12.7. The molecular weight excluding hydrogens is 268 g/mol. The normalized spacial score (nSPS) is 22.2. The van der Waals surface area contributed by atoms with E-state index >= 15 is 0 Å². The van der Waals surface area contributed by atoms with E-state index in [1.807, 2.05) is 0 Å². The Kier molecular flexibility index (Phi) is 3.95. The molecule has 6 heteroatoms. The number of anilines is 1. The lowest BCUT2D eigenvalue weighted by Gasteiger charge is -2.20. The number of nitrogens with two attached hydrogens (primary N) is 1. The van der Waals surface area contributed by atoms with Crippen molar-refractivity contribution < 1.29 is 14.7 Å². The summed E-state index contributed by atoms with van der Waals surface area (Å²) in [4.78, 5) is 22.5. The predicted octanol–water partition coefficient (Wildman–Crippen LogP) is 2.10. The minimum Gasteiger partial charge on any atom is -0.481 e. The minimum atomic E-state index is -0.815. The SMILES string of the molecule is NC(=O)c1cc(Cl)ccc1NC1CCCC1C(=O)O. The fraction of sp³-hybridized carbons (Fsp3) is 0.385. The van der Waals surface area contributed by atoms with Crippen LogP contribution in [0.25, 0.3) is 0 Å². The summed E-state index contributed by atoms with van der Waals surface area (Å²) in [5.74, 6) is -1.84. The zero-order valence-corrected chi connectivity index (χ0v) is 11.0. The second-order valence-electron chi connectivity index (χ2n) is 4.68. The van der Waals surface area contributed by atoms with Gasteiger partial charge in [-0.15, -0.1) is 0 Å². The third-order valence-electron chi connectivity index (χ3n) is 3.42. The molecule has 0 bridgehead atoms. The quantitative estimate of drug-likeness (QED) is 0.788. The smallest absolute Gasteiger partial charge is 0.308 e. The number of halogens is 1. The van der Waals surface area contributed by atoms with Crippen molar-refractivity contribution >= 4 is 29.2 Å². The van der Waals surface area contributed by atoms with Gasteiger partial charge in [-0.1, -0.05) is 18.0 Å². The number of primary amides is 1. The molecule has 1 saturated carbocycles. The lowest BCUT2D eigenvalue weighted by Crippen LogP contribution is -2.30. The van der Waals surface area contributed by atoms with Crippen molar-refractivity contribution in [2.45, 2.75) is 25.3 Å². The molecule has 0 radical (unpaired) electrons. The van der Waals surface area contributed by atoms with Crippen LogP contribution in [0.1, 0.15) is 29.6 Å². The lowest BCUT2D eigenvalue weighted by atomic mass is 10.0. The lowest BCUT2D eigenvalue weighted by molar-refractivity contribution is -0.141. The monoisotopic (exact) mass is 282 g/mol. The molecule has 5 nitrogen and oxygen atoms in total. The molecule has 0 spiro atoms. The topological polar surface area (TPSA) is 92.4 Å². The first-order valence-corrected chi connectivity index (χ1v) is 6.45. The van der Waals surface area contributed by atoms with Crippen LogP contribution in [0.15, 0.2) is 18.2 Å². The molecular formula is C13H15ClN2O3. The Bertz CT molecular complexity index is 519. The van der Waals surface area contributed by atoms with Crippen LogP contribution in [0.4, 0.5) is 5.69 Å². The van der Waals surface area contributed by atoms with E-state index in [0.29, 0.717) is 17.1 Å². The second-order valence-corrected chi connectivity index (χ2v) is 5.12. The van der Waals surface area contributed by atoms with Gasteiger partial charge in [0.2, 0.25) is 0 Å². The number of carboxylic acid groups (broad SMARTS) is 1. The summed E-state index contributed by atoms with van der Waals surface area (Å²) in [7, 11) is 0. The van der Waals surface area contributed by atoms with Gasteiger partial charge >= 0.3 is 5.97 Å². The zero-order valence-electron chi connectivity index (χ0n) is 10.2. The number of hydrogen-bond acceptors (Lipinski definition) is 3. The summed E-state index contributed by atoms with van der Waals surface area (Å²) >= 11 is 5.83. The fourth-order valence-corrected chi connectivity index (χ4v) is 2.65. The number of carbonyl (C=O) groups excluding carboxylic acids is 1. The van der Waals surface area contributed by atoms with Gasteiger partial charge in [0.1, 0.15) is 0 Å². The molecule has 2 unspecified atom stereocenters. The number of hydrogen-bond donors (Lipinski definition) is 3. The predicted molar refractivity (Wildman–Crippen MR) is 72.4 cm³/mol. The van der Waals surface area contributed by atoms with Gasteiger partial charge in [0, 0.05) is 16.8 Å². The molecule has 1 aromatic rings. The third kappa shape index (κ3) is 2.98. The van der Waals surface area contributed by atoms with E-state index in [2.05, 4.69) is 5.32 Å². The summed E-state index contributed by atoms with van der Waals surface area (Å²) in [6.07, 6.45) is 2.26.